The molecule has 0 radical (unpaired) electrons. The number of aliphatic hydroxyl groups is 2. The molecule has 0 saturated carbocycles. The van der Waals surface area contributed by atoms with Gasteiger partial charge in [-0.2, -0.15) is 0 Å². The van der Waals surface area contributed by atoms with E-state index in [0.29, 0.717) is 16.5 Å². The molecule has 2 nitrogen and oxygen atoms in total. The molecule has 0 aromatic heterocycles. The van der Waals surface area contributed by atoms with E-state index in [-0.39, 0.29) is 13.2 Å². The molecule has 4 heteroatoms. The zero-order valence-corrected chi connectivity index (χ0v) is 11.4. The standard InChI is InChI=1S/C13H18Cl2O2/c1-2-5-13(8-16,9-17)7-10-6-11(14)3-4-12(10)15/h3-4,6,16-17H,2,5,7-9H2,1H3. The minimum Gasteiger partial charge on any atom is -0.396 e. The van der Waals surface area contributed by atoms with Crippen molar-refractivity contribution in [3.63, 3.8) is 0 Å². The number of halogens is 2. The van der Waals surface area contributed by atoms with Crippen molar-refractivity contribution in [1.29, 1.82) is 0 Å². The Morgan fingerprint density at radius 2 is 1.82 bits per heavy atom. The summed E-state index contributed by atoms with van der Waals surface area (Å²) in [7, 11) is 0. The maximum absolute atomic E-state index is 9.49. The normalized spacial score (nSPS) is 11.8. The van der Waals surface area contributed by atoms with Crippen molar-refractivity contribution in [3.8, 4) is 0 Å². The quantitative estimate of drug-likeness (QED) is 0.837. The third-order valence-electron chi connectivity index (χ3n) is 3.02. The van der Waals surface area contributed by atoms with E-state index in [2.05, 4.69) is 0 Å². The first kappa shape index (κ1) is 14.8. The van der Waals surface area contributed by atoms with Gasteiger partial charge in [-0.05, 0) is 36.6 Å². The smallest absolute Gasteiger partial charge is 0.0512 e. The molecule has 2 N–H and O–H groups in total. The van der Waals surface area contributed by atoms with Crippen LogP contribution in [0.15, 0.2) is 18.2 Å². The Morgan fingerprint density at radius 3 is 2.35 bits per heavy atom. The minimum atomic E-state index is -0.511. The van der Waals surface area contributed by atoms with Crippen LogP contribution in [0.1, 0.15) is 25.3 Å². The molecule has 0 amide bonds. The number of hydrogen-bond acceptors (Lipinski definition) is 2. The number of aliphatic hydroxyl groups excluding tert-OH is 2. The minimum absolute atomic E-state index is 0.0554. The highest BCUT2D eigenvalue weighted by molar-refractivity contribution is 6.33. The van der Waals surface area contributed by atoms with Crippen molar-refractivity contribution in [2.45, 2.75) is 26.2 Å². The van der Waals surface area contributed by atoms with Crippen LogP contribution < -0.4 is 0 Å². The molecule has 0 atom stereocenters. The van der Waals surface area contributed by atoms with Crippen LogP contribution in [-0.4, -0.2) is 23.4 Å². The largest absolute Gasteiger partial charge is 0.396 e. The second kappa shape index (κ2) is 6.60. The fourth-order valence-electron chi connectivity index (χ4n) is 2.02. The number of benzene rings is 1. The van der Waals surface area contributed by atoms with Crippen LogP contribution in [0.5, 0.6) is 0 Å². The van der Waals surface area contributed by atoms with E-state index in [0.717, 1.165) is 18.4 Å². The molecule has 1 aromatic carbocycles. The molecule has 0 aliphatic heterocycles. The monoisotopic (exact) mass is 276 g/mol. The van der Waals surface area contributed by atoms with Gasteiger partial charge in [-0.25, -0.2) is 0 Å². The fourth-order valence-corrected chi connectivity index (χ4v) is 2.40. The van der Waals surface area contributed by atoms with Crippen LogP contribution in [0.25, 0.3) is 0 Å². The number of rotatable bonds is 6. The Balaban J connectivity index is 2.96. The molecular formula is C13H18Cl2O2. The van der Waals surface area contributed by atoms with Crippen LogP contribution in [0, 0.1) is 5.41 Å². The van der Waals surface area contributed by atoms with Crippen LogP contribution in [0.3, 0.4) is 0 Å². The zero-order chi connectivity index (χ0) is 12.9. The molecule has 1 aromatic rings. The molecule has 0 spiro atoms. The molecule has 0 aliphatic carbocycles. The SMILES string of the molecule is CCCC(CO)(CO)Cc1cc(Cl)ccc1Cl. The summed E-state index contributed by atoms with van der Waals surface area (Å²) in [5, 5.41) is 20.2. The average Bonchev–Trinajstić information content (AvgIpc) is 2.33. The first-order valence-electron chi connectivity index (χ1n) is 5.72. The van der Waals surface area contributed by atoms with E-state index < -0.39 is 5.41 Å². The van der Waals surface area contributed by atoms with Gasteiger partial charge < -0.3 is 10.2 Å². The van der Waals surface area contributed by atoms with Gasteiger partial charge in [0.05, 0.1) is 13.2 Å². The van der Waals surface area contributed by atoms with Gasteiger partial charge in [0.25, 0.3) is 0 Å². The molecule has 0 saturated heterocycles. The Morgan fingerprint density at radius 1 is 1.18 bits per heavy atom. The predicted octanol–water partition coefficient (Wildman–Crippen LogP) is 3.31. The lowest BCUT2D eigenvalue weighted by Crippen LogP contribution is -2.32. The highest BCUT2D eigenvalue weighted by Gasteiger charge is 2.29. The molecule has 0 fully saturated rings. The molecule has 0 unspecified atom stereocenters. The topological polar surface area (TPSA) is 40.5 Å². The summed E-state index contributed by atoms with van der Waals surface area (Å²) in [4.78, 5) is 0. The lowest BCUT2D eigenvalue weighted by molar-refractivity contribution is 0.0466. The third-order valence-corrected chi connectivity index (χ3v) is 3.63. The van der Waals surface area contributed by atoms with Crippen LogP contribution >= 0.6 is 23.2 Å². The Labute approximate surface area is 112 Å². The molecule has 0 heterocycles. The number of hydrogen-bond donors (Lipinski definition) is 2. The highest BCUT2D eigenvalue weighted by atomic mass is 35.5. The van der Waals surface area contributed by atoms with Gasteiger partial charge in [-0.15, -0.1) is 0 Å². The summed E-state index contributed by atoms with van der Waals surface area (Å²) < 4.78 is 0. The summed E-state index contributed by atoms with van der Waals surface area (Å²) in [6, 6.07) is 5.26. The van der Waals surface area contributed by atoms with Crippen LogP contribution in [-0.2, 0) is 6.42 Å². The van der Waals surface area contributed by atoms with Crippen LogP contribution in [0.4, 0.5) is 0 Å². The summed E-state index contributed by atoms with van der Waals surface area (Å²) >= 11 is 12.0. The predicted molar refractivity (Wildman–Crippen MR) is 71.7 cm³/mol. The van der Waals surface area contributed by atoms with Gasteiger partial charge in [0.2, 0.25) is 0 Å². The van der Waals surface area contributed by atoms with E-state index in [1.54, 1.807) is 18.2 Å². The second-order valence-corrected chi connectivity index (χ2v) is 5.32. The van der Waals surface area contributed by atoms with Gasteiger partial charge in [0, 0.05) is 15.5 Å². The zero-order valence-electron chi connectivity index (χ0n) is 9.92. The van der Waals surface area contributed by atoms with Crippen LogP contribution in [0.2, 0.25) is 10.0 Å². The third kappa shape index (κ3) is 3.85. The Bertz CT molecular complexity index is 362. The van der Waals surface area contributed by atoms with E-state index in [1.165, 1.54) is 0 Å². The van der Waals surface area contributed by atoms with Gasteiger partial charge in [0.15, 0.2) is 0 Å². The van der Waals surface area contributed by atoms with Crippen molar-refractivity contribution < 1.29 is 10.2 Å². The molecule has 0 aliphatic rings. The van der Waals surface area contributed by atoms with E-state index in [9.17, 15) is 10.2 Å². The second-order valence-electron chi connectivity index (χ2n) is 4.48. The van der Waals surface area contributed by atoms with Crippen molar-refractivity contribution in [1.82, 2.24) is 0 Å². The van der Waals surface area contributed by atoms with Crippen molar-refractivity contribution in [2.75, 3.05) is 13.2 Å². The first-order chi connectivity index (χ1) is 8.06. The van der Waals surface area contributed by atoms with Gasteiger partial charge >= 0.3 is 0 Å². The summed E-state index contributed by atoms with van der Waals surface area (Å²) in [6.45, 7) is 1.92. The maximum Gasteiger partial charge on any atom is 0.0512 e. The fraction of sp³-hybridized carbons (Fsp3) is 0.538. The van der Waals surface area contributed by atoms with Crippen molar-refractivity contribution in [2.24, 2.45) is 5.41 Å². The lowest BCUT2D eigenvalue weighted by Gasteiger charge is -2.30. The van der Waals surface area contributed by atoms with Crippen molar-refractivity contribution in [3.05, 3.63) is 33.8 Å². The van der Waals surface area contributed by atoms with E-state index in [4.69, 9.17) is 23.2 Å². The Kier molecular flexibility index (Phi) is 5.74. The molecule has 1 rings (SSSR count). The molecule has 17 heavy (non-hydrogen) atoms. The van der Waals surface area contributed by atoms with E-state index in [1.807, 2.05) is 6.92 Å². The summed E-state index contributed by atoms with van der Waals surface area (Å²) in [5.74, 6) is 0. The van der Waals surface area contributed by atoms with Gasteiger partial charge in [0.1, 0.15) is 0 Å². The average molecular weight is 277 g/mol. The molecule has 96 valence electrons. The van der Waals surface area contributed by atoms with E-state index >= 15 is 0 Å². The lowest BCUT2D eigenvalue weighted by atomic mass is 9.79. The summed E-state index contributed by atoms with van der Waals surface area (Å²) in [5.41, 5.74) is 0.360. The maximum atomic E-state index is 9.49. The Hall–Kier alpha value is -0.280. The molecular weight excluding hydrogens is 259 g/mol. The first-order valence-corrected chi connectivity index (χ1v) is 6.48. The van der Waals surface area contributed by atoms with Gasteiger partial charge in [-0.3, -0.25) is 0 Å². The highest BCUT2D eigenvalue weighted by Crippen LogP contribution is 2.32. The van der Waals surface area contributed by atoms with Crippen molar-refractivity contribution >= 4 is 23.2 Å². The van der Waals surface area contributed by atoms with Gasteiger partial charge in [-0.1, -0.05) is 36.5 Å². The summed E-state index contributed by atoms with van der Waals surface area (Å²) in [6.07, 6.45) is 2.19. The molecule has 0 bridgehead atoms.